The number of amides is 1. The van der Waals surface area contributed by atoms with Gasteiger partial charge >= 0.3 is 0 Å². The molecule has 1 amide bonds. The van der Waals surface area contributed by atoms with E-state index in [0.29, 0.717) is 22.9 Å². The third-order valence-electron chi connectivity index (χ3n) is 4.73. The monoisotopic (exact) mass is 393 g/mol. The van der Waals surface area contributed by atoms with E-state index < -0.39 is 0 Å². The van der Waals surface area contributed by atoms with Gasteiger partial charge in [0.05, 0.1) is 6.04 Å². The summed E-state index contributed by atoms with van der Waals surface area (Å²) < 4.78 is 5.83. The number of carbonyl (C=O) groups is 1. The zero-order valence-electron chi connectivity index (χ0n) is 16.1. The molecule has 28 heavy (non-hydrogen) atoms. The molecule has 144 valence electrons. The van der Waals surface area contributed by atoms with Gasteiger partial charge in [0, 0.05) is 16.1 Å². The van der Waals surface area contributed by atoms with Crippen LogP contribution in [0.4, 0.5) is 0 Å². The summed E-state index contributed by atoms with van der Waals surface area (Å²) in [7, 11) is 0. The van der Waals surface area contributed by atoms with Gasteiger partial charge in [0.25, 0.3) is 5.91 Å². The molecule has 3 rings (SSSR count). The Balaban J connectivity index is 1.69. The van der Waals surface area contributed by atoms with Crippen LogP contribution in [0.1, 0.15) is 46.4 Å². The van der Waals surface area contributed by atoms with Crippen LogP contribution < -0.4 is 10.1 Å². The van der Waals surface area contributed by atoms with E-state index in [-0.39, 0.29) is 11.9 Å². The first-order valence-corrected chi connectivity index (χ1v) is 9.79. The molecule has 0 radical (unpaired) electrons. The number of aryl methyl sites for hydroxylation is 1. The summed E-state index contributed by atoms with van der Waals surface area (Å²) in [6.45, 7) is 4.49. The molecular weight excluding hydrogens is 370 g/mol. The van der Waals surface area contributed by atoms with Gasteiger partial charge in [-0.15, -0.1) is 0 Å². The number of rotatable bonds is 7. The highest BCUT2D eigenvalue weighted by Gasteiger charge is 2.16. The SMILES string of the molecule is CC[C@H](NC(=O)c1cccc(OCc2ccccc2Cl)c1)c1ccccc1C. The Morgan fingerprint density at radius 1 is 1.04 bits per heavy atom. The number of benzene rings is 3. The first kappa shape index (κ1) is 20.0. The number of hydrogen-bond donors (Lipinski definition) is 1. The zero-order chi connectivity index (χ0) is 19.9. The normalized spacial score (nSPS) is 11.7. The van der Waals surface area contributed by atoms with Gasteiger partial charge in [0.15, 0.2) is 0 Å². The first-order valence-electron chi connectivity index (χ1n) is 9.41. The topological polar surface area (TPSA) is 38.3 Å². The minimum absolute atomic E-state index is 0.0265. The minimum atomic E-state index is -0.113. The molecule has 1 atom stereocenters. The van der Waals surface area contributed by atoms with Gasteiger partial charge < -0.3 is 10.1 Å². The third-order valence-corrected chi connectivity index (χ3v) is 5.09. The highest BCUT2D eigenvalue weighted by atomic mass is 35.5. The lowest BCUT2D eigenvalue weighted by Gasteiger charge is -2.19. The highest BCUT2D eigenvalue weighted by Crippen LogP contribution is 2.22. The molecule has 3 aromatic rings. The molecule has 3 aromatic carbocycles. The van der Waals surface area contributed by atoms with Gasteiger partial charge in [-0.25, -0.2) is 0 Å². The van der Waals surface area contributed by atoms with Crippen molar-refractivity contribution in [1.29, 1.82) is 0 Å². The van der Waals surface area contributed by atoms with Crippen LogP contribution in [-0.2, 0) is 6.61 Å². The maximum atomic E-state index is 12.8. The fraction of sp³-hybridized carbons (Fsp3) is 0.208. The van der Waals surface area contributed by atoms with Crippen LogP contribution in [0.2, 0.25) is 5.02 Å². The van der Waals surface area contributed by atoms with Gasteiger partial charge in [0.1, 0.15) is 12.4 Å². The molecule has 0 aliphatic heterocycles. The molecule has 0 heterocycles. The summed E-state index contributed by atoms with van der Waals surface area (Å²) in [6, 6.07) is 22.9. The Morgan fingerprint density at radius 3 is 2.54 bits per heavy atom. The number of halogens is 1. The first-order chi connectivity index (χ1) is 13.6. The predicted molar refractivity (Wildman–Crippen MR) is 114 cm³/mol. The van der Waals surface area contributed by atoms with Crippen LogP contribution in [0.3, 0.4) is 0 Å². The Bertz CT molecular complexity index is 955. The van der Waals surface area contributed by atoms with E-state index in [1.54, 1.807) is 12.1 Å². The minimum Gasteiger partial charge on any atom is -0.489 e. The van der Waals surface area contributed by atoms with E-state index in [9.17, 15) is 4.79 Å². The molecule has 0 aromatic heterocycles. The molecular formula is C24H24ClNO2. The van der Waals surface area contributed by atoms with Gasteiger partial charge in [-0.1, -0.05) is 67.1 Å². The van der Waals surface area contributed by atoms with Crippen molar-refractivity contribution < 1.29 is 9.53 Å². The summed E-state index contributed by atoms with van der Waals surface area (Å²) in [4.78, 5) is 12.8. The van der Waals surface area contributed by atoms with E-state index in [0.717, 1.165) is 17.5 Å². The van der Waals surface area contributed by atoms with Crippen LogP contribution in [0.5, 0.6) is 5.75 Å². The standard InChI is InChI=1S/C24H24ClNO2/c1-3-23(21-13-6-4-9-17(21)2)26-24(27)18-11-8-12-20(15-18)28-16-19-10-5-7-14-22(19)25/h4-15,23H,3,16H2,1-2H3,(H,26,27)/t23-/m0/s1. The largest absolute Gasteiger partial charge is 0.489 e. The van der Waals surface area contributed by atoms with Crippen molar-refractivity contribution in [2.24, 2.45) is 0 Å². The maximum Gasteiger partial charge on any atom is 0.251 e. The Morgan fingerprint density at radius 2 is 1.79 bits per heavy atom. The van der Waals surface area contributed by atoms with Crippen LogP contribution >= 0.6 is 11.6 Å². The lowest BCUT2D eigenvalue weighted by Crippen LogP contribution is -2.28. The quantitative estimate of drug-likeness (QED) is 0.526. The fourth-order valence-corrected chi connectivity index (χ4v) is 3.31. The molecule has 0 saturated carbocycles. The van der Waals surface area contributed by atoms with Gasteiger partial charge in [-0.05, 0) is 48.7 Å². The summed E-state index contributed by atoms with van der Waals surface area (Å²) >= 11 is 6.17. The molecule has 4 heteroatoms. The van der Waals surface area contributed by atoms with Gasteiger partial charge in [-0.3, -0.25) is 4.79 Å². The average Bonchev–Trinajstić information content (AvgIpc) is 2.72. The lowest BCUT2D eigenvalue weighted by molar-refractivity contribution is 0.0935. The Labute approximate surface area is 171 Å². The smallest absolute Gasteiger partial charge is 0.251 e. The van der Waals surface area contributed by atoms with Crippen LogP contribution in [-0.4, -0.2) is 5.91 Å². The van der Waals surface area contributed by atoms with Crippen molar-refractivity contribution in [2.75, 3.05) is 0 Å². The van der Waals surface area contributed by atoms with E-state index in [1.165, 1.54) is 5.56 Å². The Hall–Kier alpha value is -2.78. The molecule has 0 aliphatic carbocycles. The van der Waals surface area contributed by atoms with Crippen LogP contribution in [0, 0.1) is 6.92 Å². The Kier molecular flexibility index (Phi) is 6.72. The van der Waals surface area contributed by atoms with E-state index in [2.05, 4.69) is 31.3 Å². The second-order valence-corrected chi connectivity index (χ2v) is 7.11. The predicted octanol–water partition coefficient (Wildman–Crippen LogP) is 6.11. The average molecular weight is 394 g/mol. The number of nitrogens with one attached hydrogen (secondary N) is 1. The summed E-state index contributed by atoms with van der Waals surface area (Å²) in [5, 5.41) is 3.80. The van der Waals surface area contributed by atoms with Crippen LogP contribution in [0.15, 0.2) is 72.8 Å². The number of carbonyl (C=O) groups excluding carboxylic acids is 1. The van der Waals surface area contributed by atoms with Crippen molar-refractivity contribution in [3.05, 3.63) is 100 Å². The molecule has 0 bridgehead atoms. The van der Waals surface area contributed by atoms with E-state index in [1.807, 2.05) is 48.5 Å². The second-order valence-electron chi connectivity index (χ2n) is 6.70. The number of ether oxygens (including phenoxy) is 1. The molecule has 0 saturated heterocycles. The summed E-state index contributed by atoms with van der Waals surface area (Å²) in [5.74, 6) is 0.523. The molecule has 0 aliphatic rings. The van der Waals surface area contributed by atoms with Crippen molar-refractivity contribution in [3.8, 4) is 5.75 Å². The van der Waals surface area contributed by atoms with Crippen molar-refractivity contribution in [1.82, 2.24) is 5.32 Å². The number of hydrogen-bond acceptors (Lipinski definition) is 2. The summed E-state index contributed by atoms with van der Waals surface area (Å²) in [6.07, 6.45) is 0.819. The zero-order valence-corrected chi connectivity index (χ0v) is 16.9. The molecule has 0 unspecified atom stereocenters. The van der Waals surface area contributed by atoms with Crippen LogP contribution in [0.25, 0.3) is 0 Å². The third kappa shape index (κ3) is 4.93. The van der Waals surface area contributed by atoms with Crippen molar-refractivity contribution >= 4 is 17.5 Å². The molecule has 3 nitrogen and oxygen atoms in total. The summed E-state index contributed by atoms with van der Waals surface area (Å²) in [5.41, 5.74) is 3.80. The van der Waals surface area contributed by atoms with E-state index in [4.69, 9.17) is 16.3 Å². The molecule has 0 fully saturated rings. The highest BCUT2D eigenvalue weighted by molar-refractivity contribution is 6.31. The van der Waals surface area contributed by atoms with E-state index >= 15 is 0 Å². The van der Waals surface area contributed by atoms with Crippen molar-refractivity contribution in [3.63, 3.8) is 0 Å². The van der Waals surface area contributed by atoms with Gasteiger partial charge in [-0.2, -0.15) is 0 Å². The van der Waals surface area contributed by atoms with Crippen molar-refractivity contribution in [2.45, 2.75) is 32.9 Å². The molecule has 0 spiro atoms. The maximum absolute atomic E-state index is 12.8. The second kappa shape index (κ2) is 9.43. The lowest BCUT2D eigenvalue weighted by atomic mass is 9.99. The molecule has 1 N–H and O–H groups in total. The van der Waals surface area contributed by atoms with Gasteiger partial charge in [0.2, 0.25) is 0 Å². The fourth-order valence-electron chi connectivity index (χ4n) is 3.12.